The summed E-state index contributed by atoms with van der Waals surface area (Å²) in [5, 5.41) is 11.7. The first-order valence-electron chi connectivity index (χ1n) is 8.06. The van der Waals surface area contributed by atoms with Gasteiger partial charge in [-0.05, 0) is 30.0 Å². The number of amides is 2. The van der Waals surface area contributed by atoms with Crippen LogP contribution in [-0.4, -0.2) is 29.3 Å². The summed E-state index contributed by atoms with van der Waals surface area (Å²) in [5.74, 6) is -2.95. The van der Waals surface area contributed by atoms with Crippen LogP contribution in [0.15, 0.2) is 30.0 Å². The van der Waals surface area contributed by atoms with Crippen molar-refractivity contribution in [2.75, 3.05) is 6.26 Å². The summed E-state index contributed by atoms with van der Waals surface area (Å²) in [6, 6.07) is 2.81. The monoisotopic (exact) mass is 398 g/mol. The molecule has 1 aromatic carbocycles. The van der Waals surface area contributed by atoms with Gasteiger partial charge in [-0.25, -0.2) is 8.78 Å². The number of rotatable bonds is 6. The fourth-order valence-electron chi connectivity index (χ4n) is 1.93. The second-order valence-electron chi connectivity index (χ2n) is 6.89. The number of benzene rings is 1. The number of thioether (sulfide) groups is 1. The highest BCUT2D eigenvalue weighted by Gasteiger charge is 2.21. The van der Waals surface area contributed by atoms with E-state index in [1.54, 1.807) is 6.26 Å². The van der Waals surface area contributed by atoms with E-state index in [-0.39, 0.29) is 23.2 Å². The van der Waals surface area contributed by atoms with Crippen LogP contribution >= 0.6 is 11.8 Å². The van der Waals surface area contributed by atoms with Crippen molar-refractivity contribution < 1.29 is 18.4 Å². The molecule has 0 aliphatic heterocycles. The van der Waals surface area contributed by atoms with Crippen molar-refractivity contribution in [3.05, 3.63) is 47.2 Å². The lowest BCUT2D eigenvalue weighted by atomic mass is 9.92. The van der Waals surface area contributed by atoms with E-state index >= 15 is 0 Å². The lowest BCUT2D eigenvalue weighted by Crippen LogP contribution is -2.46. The van der Waals surface area contributed by atoms with Gasteiger partial charge >= 0.3 is 0 Å². The van der Waals surface area contributed by atoms with Crippen LogP contribution in [0.4, 0.5) is 8.78 Å². The summed E-state index contributed by atoms with van der Waals surface area (Å²) in [6.07, 6.45) is 2.66. The van der Waals surface area contributed by atoms with E-state index < -0.39 is 28.8 Å². The van der Waals surface area contributed by atoms with E-state index in [9.17, 15) is 18.4 Å². The highest BCUT2D eigenvalue weighted by Crippen LogP contribution is 2.20. The number of hydrogen-bond acceptors (Lipinski definition) is 5. The molecule has 0 bridgehead atoms. The van der Waals surface area contributed by atoms with E-state index in [1.807, 2.05) is 20.8 Å². The molecule has 0 heterocycles. The molecule has 1 unspecified atom stereocenters. The summed E-state index contributed by atoms with van der Waals surface area (Å²) in [5.41, 5.74) is 6.08. The number of carbonyl (C=O) groups excluding carboxylic acids is 2. The summed E-state index contributed by atoms with van der Waals surface area (Å²) in [7, 11) is 0. The Balaban J connectivity index is 2.70. The number of amidine groups is 1. The zero-order chi connectivity index (χ0) is 20.8. The number of nitrogens with one attached hydrogen (secondary N) is 3. The quantitative estimate of drug-likeness (QED) is 0.335. The number of allylic oxidation sites excluding steroid dienone is 1. The third kappa shape index (κ3) is 7.78. The molecule has 27 heavy (non-hydrogen) atoms. The van der Waals surface area contributed by atoms with Crippen LogP contribution in [0, 0.1) is 22.5 Å². The van der Waals surface area contributed by atoms with Crippen molar-refractivity contribution in [2.24, 2.45) is 11.1 Å². The average Bonchev–Trinajstić information content (AvgIpc) is 2.50. The minimum atomic E-state index is -0.972. The van der Waals surface area contributed by atoms with Crippen molar-refractivity contribution in [3.8, 4) is 0 Å². The molecule has 1 rings (SSSR count). The average molecular weight is 398 g/mol. The zero-order valence-electron chi connectivity index (χ0n) is 15.7. The third-order valence-corrected chi connectivity index (χ3v) is 4.28. The highest BCUT2D eigenvalue weighted by molar-refractivity contribution is 7.99. The van der Waals surface area contributed by atoms with Crippen molar-refractivity contribution in [1.82, 2.24) is 10.6 Å². The molecule has 2 amide bonds. The van der Waals surface area contributed by atoms with Crippen molar-refractivity contribution in [3.63, 3.8) is 0 Å². The molecular weight excluding hydrogens is 374 g/mol. The zero-order valence-corrected chi connectivity index (χ0v) is 16.5. The lowest BCUT2D eigenvalue weighted by Gasteiger charge is -2.20. The van der Waals surface area contributed by atoms with Gasteiger partial charge in [0.15, 0.2) is 5.37 Å². The van der Waals surface area contributed by atoms with Crippen LogP contribution in [0.3, 0.4) is 0 Å². The molecule has 6 nitrogen and oxygen atoms in total. The molecule has 0 aliphatic rings. The second-order valence-corrected chi connectivity index (χ2v) is 7.83. The number of carbonyl (C=O) groups is 2. The maximum absolute atomic E-state index is 13.2. The van der Waals surface area contributed by atoms with E-state index in [1.165, 1.54) is 6.08 Å². The van der Waals surface area contributed by atoms with E-state index in [0.717, 1.165) is 23.9 Å². The van der Waals surface area contributed by atoms with Gasteiger partial charge in [-0.1, -0.05) is 20.8 Å². The van der Waals surface area contributed by atoms with Gasteiger partial charge in [0.25, 0.3) is 5.91 Å². The van der Waals surface area contributed by atoms with Gasteiger partial charge in [-0.2, -0.15) is 0 Å². The fourth-order valence-corrected chi connectivity index (χ4v) is 2.46. The smallest absolute Gasteiger partial charge is 0.258 e. The SMILES string of the molecule is CSC(NC(=O)Cc1cc(F)cc(F)c1)C(=O)NC(=N)C=C(N)C(C)(C)C. The first-order valence-corrected chi connectivity index (χ1v) is 9.35. The van der Waals surface area contributed by atoms with Crippen LogP contribution in [-0.2, 0) is 16.0 Å². The molecule has 1 aromatic rings. The summed E-state index contributed by atoms with van der Waals surface area (Å²) in [6.45, 7) is 5.61. The standard InChI is InChI=1S/C18H24F2N4O2S/c1-18(2,3)13(21)9-14(22)23-16(26)17(27-4)24-15(25)7-10-5-11(19)8-12(20)6-10/h5-6,8-9,17H,7,21H2,1-4H3,(H,24,25)(H2,22,23,26). The van der Waals surface area contributed by atoms with E-state index in [2.05, 4.69) is 10.6 Å². The second kappa shape index (κ2) is 9.50. The van der Waals surface area contributed by atoms with Gasteiger partial charge in [0, 0.05) is 17.2 Å². The van der Waals surface area contributed by atoms with Gasteiger partial charge in [0.2, 0.25) is 5.91 Å². The molecule has 0 spiro atoms. The van der Waals surface area contributed by atoms with E-state index in [4.69, 9.17) is 11.1 Å². The molecule has 148 valence electrons. The maximum Gasteiger partial charge on any atom is 0.258 e. The van der Waals surface area contributed by atoms with Crippen molar-refractivity contribution in [1.29, 1.82) is 5.41 Å². The maximum atomic E-state index is 13.2. The summed E-state index contributed by atoms with van der Waals surface area (Å²) >= 11 is 1.05. The molecule has 0 saturated carbocycles. The Hall–Kier alpha value is -2.42. The number of nitrogens with two attached hydrogens (primary N) is 1. The molecule has 0 aliphatic carbocycles. The molecule has 1 atom stereocenters. The molecule has 5 N–H and O–H groups in total. The first-order chi connectivity index (χ1) is 12.4. The summed E-state index contributed by atoms with van der Waals surface area (Å²) in [4.78, 5) is 24.3. The largest absolute Gasteiger partial charge is 0.401 e. The Bertz CT molecular complexity index is 740. The predicted octanol–water partition coefficient (Wildman–Crippen LogP) is 2.29. The predicted molar refractivity (Wildman–Crippen MR) is 103 cm³/mol. The van der Waals surface area contributed by atoms with Crippen molar-refractivity contribution >= 4 is 29.4 Å². The van der Waals surface area contributed by atoms with Crippen molar-refractivity contribution in [2.45, 2.75) is 32.6 Å². The summed E-state index contributed by atoms with van der Waals surface area (Å²) < 4.78 is 26.4. The molecule has 0 radical (unpaired) electrons. The number of hydrogen-bond donors (Lipinski definition) is 4. The van der Waals surface area contributed by atoms with Crippen LogP contribution in [0.2, 0.25) is 0 Å². The van der Waals surface area contributed by atoms with Gasteiger partial charge in [-0.15, -0.1) is 11.8 Å². The van der Waals surface area contributed by atoms with Crippen LogP contribution in [0.1, 0.15) is 26.3 Å². The van der Waals surface area contributed by atoms with E-state index in [0.29, 0.717) is 11.8 Å². The highest BCUT2D eigenvalue weighted by atomic mass is 32.2. The molecule has 0 fully saturated rings. The Morgan fingerprint density at radius 2 is 1.81 bits per heavy atom. The molecule has 0 saturated heterocycles. The van der Waals surface area contributed by atoms with Gasteiger partial charge in [0.05, 0.1) is 6.42 Å². The Morgan fingerprint density at radius 3 is 2.30 bits per heavy atom. The van der Waals surface area contributed by atoms with Crippen LogP contribution in [0.5, 0.6) is 0 Å². The van der Waals surface area contributed by atoms with Gasteiger partial charge < -0.3 is 16.4 Å². The lowest BCUT2D eigenvalue weighted by molar-refractivity contribution is -0.125. The Morgan fingerprint density at radius 1 is 1.26 bits per heavy atom. The first kappa shape index (κ1) is 22.6. The minimum Gasteiger partial charge on any atom is -0.401 e. The normalized spacial score (nSPS) is 13.0. The van der Waals surface area contributed by atoms with Gasteiger partial charge in [-0.3, -0.25) is 15.0 Å². The Kier molecular flexibility index (Phi) is 7.96. The van der Waals surface area contributed by atoms with Crippen LogP contribution < -0.4 is 16.4 Å². The number of halogens is 2. The third-order valence-electron chi connectivity index (χ3n) is 3.48. The topological polar surface area (TPSA) is 108 Å². The van der Waals surface area contributed by atoms with Crippen LogP contribution in [0.25, 0.3) is 0 Å². The Labute approximate surface area is 161 Å². The molecular formula is C18H24F2N4O2S. The molecule has 0 aromatic heterocycles. The minimum absolute atomic E-state index is 0.152. The van der Waals surface area contributed by atoms with Gasteiger partial charge in [0.1, 0.15) is 17.5 Å². The fraction of sp³-hybridized carbons (Fsp3) is 0.389. The molecule has 9 heteroatoms.